The molecule has 1 atom stereocenters. The van der Waals surface area contributed by atoms with Gasteiger partial charge in [0.2, 0.25) is 5.88 Å². The first-order valence-electron chi connectivity index (χ1n) is 7.16. The van der Waals surface area contributed by atoms with Crippen LogP contribution in [0.2, 0.25) is 0 Å². The average molecular weight is 333 g/mol. The zero-order valence-electron chi connectivity index (χ0n) is 12.4. The number of nitrogens with one attached hydrogen (secondary N) is 2. The predicted octanol–water partition coefficient (Wildman–Crippen LogP) is 1.86. The molecule has 1 saturated heterocycles. The number of halogens is 3. The van der Waals surface area contributed by atoms with Gasteiger partial charge in [-0.15, -0.1) is 0 Å². The maximum Gasteiger partial charge on any atom is 0.422 e. The maximum absolute atomic E-state index is 12.1. The molecule has 0 aromatic carbocycles. The number of nitrogens with zero attached hydrogens (tertiary/aromatic N) is 1. The Hall–Kier alpha value is -2.03. The largest absolute Gasteiger partial charge is 0.468 e. The predicted molar refractivity (Wildman–Crippen MR) is 75.0 cm³/mol. The fraction of sp³-hybridized carbons (Fsp3) is 0.571. The highest BCUT2D eigenvalue weighted by Gasteiger charge is 2.28. The minimum absolute atomic E-state index is 0.134. The smallest absolute Gasteiger partial charge is 0.422 e. The van der Waals surface area contributed by atoms with Gasteiger partial charge in [-0.25, -0.2) is 9.78 Å². The molecule has 2 heterocycles. The standard InChI is InChI=1S/C14H18F3N3O3/c15-14(16,17)9-23-12-5-10(1-3-18-12)6-19-13(21)20-7-11-2-4-22-8-11/h1,3,5,11H,2,4,6-9H2,(H2,19,20,21)/t11-/m0/s1. The number of amides is 2. The van der Waals surface area contributed by atoms with Gasteiger partial charge in [0.1, 0.15) is 0 Å². The van der Waals surface area contributed by atoms with Gasteiger partial charge in [0, 0.05) is 37.9 Å². The van der Waals surface area contributed by atoms with E-state index in [-0.39, 0.29) is 18.5 Å². The summed E-state index contributed by atoms with van der Waals surface area (Å²) in [7, 11) is 0. The fourth-order valence-electron chi connectivity index (χ4n) is 2.02. The quantitative estimate of drug-likeness (QED) is 0.833. The summed E-state index contributed by atoms with van der Waals surface area (Å²) in [4.78, 5) is 15.4. The Labute approximate surface area is 131 Å². The Morgan fingerprint density at radius 2 is 2.26 bits per heavy atom. The second kappa shape index (κ2) is 8.00. The second-order valence-corrected chi connectivity index (χ2v) is 5.20. The van der Waals surface area contributed by atoms with Crippen molar-refractivity contribution < 1.29 is 27.4 Å². The van der Waals surface area contributed by atoms with E-state index in [1.165, 1.54) is 12.3 Å². The van der Waals surface area contributed by atoms with Crippen LogP contribution in [0.5, 0.6) is 5.88 Å². The second-order valence-electron chi connectivity index (χ2n) is 5.20. The van der Waals surface area contributed by atoms with Crippen molar-refractivity contribution in [1.29, 1.82) is 0 Å². The summed E-state index contributed by atoms with van der Waals surface area (Å²) in [5, 5.41) is 5.35. The van der Waals surface area contributed by atoms with Crippen LogP contribution in [0.3, 0.4) is 0 Å². The molecule has 2 rings (SSSR count). The van der Waals surface area contributed by atoms with Crippen LogP contribution >= 0.6 is 0 Å². The van der Waals surface area contributed by atoms with Gasteiger partial charge in [-0.2, -0.15) is 13.2 Å². The summed E-state index contributed by atoms with van der Waals surface area (Å²) >= 11 is 0. The Morgan fingerprint density at radius 1 is 1.43 bits per heavy atom. The number of hydrogen-bond acceptors (Lipinski definition) is 4. The maximum atomic E-state index is 12.1. The number of carbonyl (C=O) groups is 1. The van der Waals surface area contributed by atoms with Crippen LogP contribution in [0, 0.1) is 5.92 Å². The molecular formula is C14H18F3N3O3. The summed E-state index contributed by atoms with van der Waals surface area (Å²) in [5.41, 5.74) is 0.594. The number of carbonyl (C=O) groups excluding carboxylic acids is 1. The molecule has 2 N–H and O–H groups in total. The van der Waals surface area contributed by atoms with Crippen LogP contribution < -0.4 is 15.4 Å². The lowest BCUT2D eigenvalue weighted by Gasteiger charge is -2.12. The van der Waals surface area contributed by atoms with Crippen molar-refractivity contribution in [2.75, 3.05) is 26.4 Å². The van der Waals surface area contributed by atoms with Gasteiger partial charge < -0.3 is 20.1 Å². The van der Waals surface area contributed by atoms with E-state index in [2.05, 4.69) is 20.4 Å². The molecular weight excluding hydrogens is 315 g/mol. The molecule has 0 saturated carbocycles. The van der Waals surface area contributed by atoms with E-state index in [9.17, 15) is 18.0 Å². The summed E-state index contributed by atoms with van der Waals surface area (Å²) in [6, 6.07) is 2.61. The summed E-state index contributed by atoms with van der Waals surface area (Å²) in [6.07, 6.45) is -2.17. The fourth-order valence-corrected chi connectivity index (χ4v) is 2.02. The SMILES string of the molecule is O=C(NCc1ccnc(OCC(F)(F)F)c1)NC[C@@H]1CCOC1. The monoisotopic (exact) mass is 333 g/mol. The number of hydrogen-bond donors (Lipinski definition) is 2. The minimum Gasteiger partial charge on any atom is -0.468 e. The van der Waals surface area contributed by atoms with Gasteiger partial charge in [-0.1, -0.05) is 0 Å². The Balaban J connectivity index is 1.73. The van der Waals surface area contributed by atoms with E-state index in [4.69, 9.17) is 4.74 Å². The molecule has 1 aliphatic rings. The first-order chi connectivity index (χ1) is 10.9. The van der Waals surface area contributed by atoms with Gasteiger partial charge in [0.05, 0.1) is 6.61 Å². The van der Waals surface area contributed by atoms with Crippen LogP contribution in [-0.4, -0.2) is 43.6 Å². The molecule has 0 unspecified atom stereocenters. The van der Waals surface area contributed by atoms with Gasteiger partial charge in [-0.05, 0) is 18.1 Å². The van der Waals surface area contributed by atoms with Crippen molar-refractivity contribution in [3.05, 3.63) is 23.9 Å². The molecule has 1 aliphatic heterocycles. The Morgan fingerprint density at radius 3 is 2.96 bits per heavy atom. The van der Waals surface area contributed by atoms with E-state index in [0.29, 0.717) is 31.2 Å². The zero-order chi connectivity index (χ0) is 16.7. The number of pyridine rings is 1. The topological polar surface area (TPSA) is 72.5 Å². The van der Waals surface area contributed by atoms with E-state index in [1.54, 1.807) is 6.07 Å². The molecule has 0 aliphatic carbocycles. The van der Waals surface area contributed by atoms with E-state index >= 15 is 0 Å². The van der Waals surface area contributed by atoms with Crippen LogP contribution in [0.4, 0.5) is 18.0 Å². The van der Waals surface area contributed by atoms with Crippen molar-refractivity contribution in [1.82, 2.24) is 15.6 Å². The average Bonchev–Trinajstić information content (AvgIpc) is 3.02. The number of ether oxygens (including phenoxy) is 2. The molecule has 0 radical (unpaired) electrons. The highest BCUT2D eigenvalue weighted by atomic mass is 19.4. The lowest BCUT2D eigenvalue weighted by atomic mass is 10.1. The molecule has 0 bridgehead atoms. The Bertz CT molecular complexity index is 519. The molecule has 1 aromatic rings. The van der Waals surface area contributed by atoms with Gasteiger partial charge >= 0.3 is 12.2 Å². The van der Waals surface area contributed by atoms with E-state index in [1.807, 2.05) is 0 Å². The summed E-state index contributed by atoms with van der Waals surface area (Å²) < 4.78 is 46.0. The van der Waals surface area contributed by atoms with Gasteiger partial charge in [-0.3, -0.25) is 0 Å². The van der Waals surface area contributed by atoms with Gasteiger partial charge in [0.25, 0.3) is 0 Å². The molecule has 1 fully saturated rings. The Kier molecular flexibility index (Phi) is 6.03. The van der Waals surface area contributed by atoms with Crippen molar-refractivity contribution >= 4 is 6.03 Å². The van der Waals surface area contributed by atoms with E-state index < -0.39 is 12.8 Å². The van der Waals surface area contributed by atoms with Crippen LogP contribution in [0.1, 0.15) is 12.0 Å². The van der Waals surface area contributed by atoms with Gasteiger partial charge in [0.15, 0.2) is 6.61 Å². The molecule has 128 valence electrons. The first-order valence-corrected chi connectivity index (χ1v) is 7.16. The van der Waals surface area contributed by atoms with Crippen molar-refractivity contribution in [2.24, 2.45) is 5.92 Å². The molecule has 9 heteroatoms. The summed E-state index contributed by atoms with van der Waals surface area (Å²) in [5.74, 6) is 0.189. The molecule has 0 spiro atoms. The summed E-state index contributed by atoms with van der Waals surface area (Å²) in [6.45, 7) is 0.650. The third-order valence-electron chi connectivity index (χ3n) is 3.21. The first kappa shape index (κ1) is 17.3. The highest BCUT2D eigenvalue weighted by Crippen LogP contribution is 2.17. The van der Waals surface area contributed by atoms with Crippen molar-refractivity contribution in [2.45, 2.75) is 19.1 Å². The van der Waals surface area contributed by atoms with E-state index in [0.717, 1.165) is 6.42 Å². The normalized spacial score (nSPS) is 17.8. The number of aromatic nitrogens is 1. The lowest BCUT2D eigenvalue weighted by Crippen LogP contribution is -2.38. The van der Waals surface area contributed by atoms with Crippen molar-refractivity contribution in [3.63, 3.8) is 0 Å². The molecule has 2 amide bonds. The lowest BCUT2D eigenvalue weighted by molar-refractivity contribution is -0.154. The third-order valence-corrected chi connectivity index (χ3v) is 3.21. The van der Waals surface area contributed by atoms with Crippen LogP contribution in [0.25, 0.3) is 0 Å². The van der Waals surface area contributed by atoms with Crippen LogP contribution in [0.15, 0.2) is 18.3 Å². The highest BCUT2D eigenvalue weighted by molar-refractivity contribution is 5.73. The zero-order valence-corrected chi connectivity index (χ0v) is 12.4. The molecule has 6 nitrogen and oxygen atoms in total. The number of alkyl halides is 3. The number of urea groups is 1. The number of rotatable bonds is 6. The third kappa shape index (κ3) is 6.72. The van der Waals surface area contributed by atoms with Crippen molar-refractivity contribution in [3.8, 4) is 5.88 Å². The minimum atomic E-state index is -4.42. The molecule has 23 heavy (non-hydrogen) atoms. The van der Waals surface area contributed by atoms with Crippen LogP contribution in [-0.2, 0) is 11.3 Å². The molecule has 1 aromatic heterocycles.